The van der Waals surface area contributed by atoms with Gasteiger partial charge in [-0.3, -0.25) is 4.79 Å². The summed E-state index contributed by atoms with van der Waals surface area (Å²) in [6.45, 7) is 1.00. The number of anilines is 1. The van der Waals surface area contributed by atoms with Crippen LogP contribution in [0.2, 0.25) is 0 Å². The number of pyridine rings is 1. The minimum absolute atomic E-state index is 0.113. The molecule has 6 heteroatoms. The van der Waals surface area contributed by atoms with Crippen LogP contribution in [0.4, 0.5) is 5.82 Å². The van der Waals surface area contributed by atoms with Crippen LogP contribution in [0.1, 0.15) is 48.9 Å². The van der Waals surface area contributed by atoms with Crippen molar-refractivity contribution < 1.29 is 9.53 Å². The summed E-state index contributed by atoms with van der Waals surface area (Å²) in [7, 11) is 1.52. The summed E-state index contributed by atoms with van der Waals surface area (Å²) in [6.07, 6.45) is 13.4. The smallest absolute Gasteiger partial charge is 0.316 e. The predicted octanol–water partition coefficient (Wildman–Crippen LogP) is 3.62. The van der Waals surface area contributed by atoms with Crippen LogP contribution in [0.25, 0.3) is 6.08 Å². The van der Waals surface area contributed by atoms with Crippen molar-refractivity contribution in [1.29, 1.82) is 0 Å². The molecule has 3 rings (SSSR count). The van der Waals surface area contributed by atoms with Gasteiger partial charge in [-0.2, -0.15) is 0 Å². The van der Waals surface area contributed by atoms with Crippen molar-refractivity contribution in [2.45, 2.75) is 44.9 Å². The summed E-state index contributed by atoms with van der Waals surface area (Å²) < 4.78 is 4.91. The fourth-order valence-corrected chi connectivity index (χ4v) is 3.07. The summed E-state index contributed by atoms with van der Waals surface area (Å²) in [4.78, 5) is 24.8. The lowest BCUT2D eigenvalue weighted by atomic mass is 10.1. The van der Waals surface area contributed by atoms with Crippen molar-refractivity contribution in [3.8, 4) is 6.01 Å². The van der Waals surface area contributed by atoms with Crippen LogP contribution in [0.5, 0.6) is 6.01 Å². The van der Waals surface area contributed by atoms with E-state index in [4.69, 9.17) is 9.72 Å². The van der Waals surface area contributed by atoms with Crippen LogP contribution in [-0.4, -0.2) is 34.4 Å². The van der Waals surface area contributed by atoms with E-state index in [0.29, 0.717) is 12.4 Å². The van der Waals surface area contributed by atoms with Gasteiger partial charge in [0.25, 0.3) is 0 Å². The zero-order valence-electron chi connectivity index (χ0n) is 15.8. The summed E-state index contributed by atoms with van der Waals surface area (Å²) in [6, 6.07) is 4.64. The number of nitrogens with one attached hydrogen (secondary N) is 1. The number of fused-ring (bicyclic) bond motifs is 1. The minimum Gasteiger partial charge on any atom is -0.467 e. The third kappa shape index (κ3) is 5.88. The molecule has 0 saturated carbocycles. The van der Waals surface area contributed by atoms with Gasteiger partial charge in [-0.1, -0.05) is 6.07 Å². The van der Waals surface area contributed by atoms with Gasteiger partial charge in [-0.05, 0) is 62.3 Å². The Morgan fingerprint density at radius 2 is 2.07 bits per heavy atom. The first-order valence-electron chi connectivity index (χ1n) is 9.54. The van der Waals surface area contributed by atoms with E-state index in [1.54, 1.807) is 24.5 Å². The monoisotopic (exact) mass is 366 g/mol. The van der Waals surface area contributed by atoms with Crippen LogP contribution in [-0.2, 0) is 17.6 Å². The largest absolute Gasteiger partial charge is 0.467 e. The molecule has 2 aromatic heterocycles. The van der Waals surface area contributed by atoms with Gasteiger partial charge in [-0.15, -0.1) is 0 Å². The van der Waals surface area contributed by atoms with Gasteiger partial charge in [0, 0.05) is 36.6 Å². The zero-order chi connectivity index (χ0) is 18.9. The molecule has 0 amide bonds. The molecule has 3 heterocycles. The quantitative estimate of drug-likeness (QED) is 0.568. The maximum absolute atomic E-state index is 12.0. The second-order valence-corrected chi connectivity index (χ2v) is 6.70. The lowest BCUT2D eigenvalue weighted by Crippen LogP contribution is -2.04. The number of ketones is 1. The second kappa shape index (κ2) is 9.80. The third-order valence-electron chi connectivity index (χ3n) is 4.60. The molecule has 0 atom stereocenters. The summed E-state index contributed by atoms with van der Waals surface area (Å²) in [5, 5.41) is 3.42. The van der Waals surface area contributed by atoms with Gasteiger partial charge in [-0.25, -0.2) is 15.0 Å². The van der Waals surface area contributed by atoms with Gasteiger partial charge in [0.2, 0.25) is 0 Å². The Morgan fingerprint density at radius 3 is 2.89 bits per heavy atom. The first-order valence-corrected chi connectivity index (χ1v) is 9.54. The predicted molar refractivity (Wildman–Crippen MR) is 106 cm³/mol. The van der Waals surface area contributed by atoms with E-state index in [1.165, 1.54) is 25.5 Å². The van der Waals surface area contributed by atoms with Crippen molar-refractivity contribution in [3.63, 3.8) is 0 Å². The highest BCUT2D eigenvalue weighted by molar-refractivity contribution is 5.93. The fraction of sp³-hybridized carbons (Fsp3) is 0.429. The number of nitrogens with zero attached hydrogens (tertiary/aromatic N) is 3. The molecule has 142 valence electrons. The highest BCUT2D eigenvalue weighted by Gasteiger charge is 2.09. The highest BCUT2D eigenvalue weighted by atomic mass is 16.5. The molecule has 1 aliphatic rings. The minimum atomic E-state index is 0.113. The summed E-state index contributed by atoms with van der Waals surface area (Å²) in [5.41, 5.74) is 3.20. The van der Waals surface area contributed by atoms with Gasteiger partial charge in [0.15, 0.2) is 5.78 Å². The van der Waals surface area contributed by atoms with Crippen LogP contribution in [0, 0.1) is 0 Å². The molecule has 0 radical (unpaired) electrons. The van der Waals surface area contributed by atoms with Crippen LogP contribution < -0.4 is 10.1 Å². The number of allylic oxidation sites excluding steroid dienone is 1. The Morgan fingerprint density at radius 1 is 1.22 bits per heavy atom. The summed E-state index contributed by atoms with van der Waals surface area (Å²) in [5.74, 6) is 1.16. The molecule has 27 heavy (non-hydrogen) atoms. The molecular weight excluding hydrogens is 340 g/mol. The Balaban J connectivity index is 1.41. The molecule has 0 bridgehead atoms. The molecule has 0 saturated heterocycles. The first-order chi connectivity index (χ1) is 13.2. The average molecular weight is 366 g/mol. The number of rotatable bonds is 8. The first kappa shape index (κ1) is 19.0. The van der Waals surface area contributed by atoms with E-state index in [9.17, 15) is 4.79 Å². The molecular formula is C21H26N4O2. The topological polar surface area (TPSA) is 77.0 Å². The Bertz CT molecular complexity index is 787. The van der Waals surface area contributed by atoms with E-state index >= 15 is 0 Å². The molecule has 1 aliphatic heterocycles. The van der Waals surface area contributed by atoms with Crippen molar-refractivity contribution in [2.75, 3.05) is 19.0 Å². The number of hydrogen-bond donors (Lipinski definition) is 1. The van der Waals surface area contributed by atoms with E-state index in [0.717, 1.165) is 49.3 Å². The molecule has 2 aromatic rings. The number of hydrogen-bond acceptors (Lipinski definition) is 6. The van der Waals surface area contributed by atoms with E-state index in [-0.39, 0.29) is 5.78 Å². The average Bonchev–Trinajstić information content (AvgIpc) is 2.95. The lowest BCUT2D eigenvalue weighted by Gasteiger charge is -2.08. The number of aromatic nitrogens is 3. The second-order valence-electron chi connectivity index (χ2n) is 6.70. The Kier molecular flexibility index (Phi) is 6.90. The third-order valence-corrected chi connectivity index (χ3v) is 4.60. The van der Waals surface area contributed by atoms with Crippen LogP contribution >= 0.6 is 0 Å². The summed E-state index contributed by atoms with van der Waals surface area (Å²) >= 11 is 0. The number of aryl methyl sites for hydroxylation is 2. The number of ether oxygens (including phenoxy) is 1. The normalized spacial score (nSPS) is 13.7. The number of carbonyl (C=O) groups is 1. The number of methoxy groups -OCH3 is 1. The lowest BCUT2D eigenvalue weighted by molar-refractivity contribution is -0.114. The van der Waals surface area contributed by atoms with Gasteiger partial charge < -0.3 is 10.1 Å². The highest BCUT2D eigenvalue weighted by Crippen LogP contribution is 2.20. The molecule has 0 unspecified atom stereocenters. The molecule has 0 spiro atoms. The molecule has 1 N–H and O–H groups in total. The van der Waals surface area contributed by atoms with Crippen molar-refractivity contribution in [3.05, 3.63) is 47.4 Å². The van der Waals surface area contributed by atoms with Gasteiger partial charge in [0.1, 0.15) is 5.82 Å². The molecule has 0 fully saturated rings. The molecule has 0 aliphatic carbocycles. The standard InChI is InChI=1S/C21H26N4O2/c1-27-21-23-14-16(15-24-21)9-12-19(26)8-3-2-7-18-11-10-17-6-4-5-13-22-20(17)25-18/h9-12,14-15H,2-8,13H2,1H3,(H,22,25)/b12-9+. The fourth-order valence-electron chi connectivity index (χ4n) is 3.07. The van der Waals surface area contributed by atoms with E-state index in [2.05, 4.69) is 27.4 Å². The Labute approximate surface area is 160 Å². The van der Waals surface area contributed by atoms with Gasteiger partial charge in [0.05, 0.1) is 7.11 Å². The van der Waals surface area contributed by atoms with Crippen LogP contribution in [0.15, 0.2) is 30.6 Å². The van der Waals surface area contributed by atoms with Crippen LogP contribution in [0.3, 0.4) is 0 Å². The number of unbranched alkanes of at least 4 members (excludes halogenated alkanes) is 1. The van der Waals surface area contributed by atoms with Gasteiger partial charge >= 0.3 is 6.01 Å². The molecule has 0 aromatic carbocycles. The zero-order valence-corrected chi connectivity index (χ0v) is 15.8. The van der Waals surface area contributed by atoms with E-state index < -0.39 is 0 Å². The maximum atomic E-state index is 12.0. The van der Waals surface area contributed by atoms with Crippen molar-refractivity contribution in [2.24, 2.45) is 0 Å². The number of carbonyl (C=O) groups excluding carboxylic acids is 1. The SMILES string of the molecule is COc1ncc(/C=C/C(=O)CCCCc2ccc3c(n2)NCCCC3)cn1. The maximum Gasteiger partial charge on any atom is 0.316 e. The molecule has 6 nitrogen and oxygen atoms in total. The van der Waals surface area contributed by atoms with Crippen molar-refractivity contribution >= 4 is 17.7 Å². The Hall–Kier alpha value is -2.76. The van der Waals surface area contributed by atoms with E-state index in [1.807, 2.05) is 0 Å². The van der Waals surface area contributed by atoms with Crippen molar-refractivity contribution in [1.82, 2.24) is 15.0 Å².